The first-order valence-electron chi connectivity index (χ1n) is 10.9. The van der Waals surface area contributed by atoms with Crippen LogP contribution in [-0.4, -0.2) is 69.4 Å². The SMILES string of the molecule is CCOC(=O)N[C@@H](CNC(=O)c1ccc(Cl)s1)C(=O)Nc1ccc(N2CCOCC2=O)c(OC(F)F)c1. The van der Waals surface area contributed by atoms with Crippen molar-refractivity contribution in [3.05, 3.63) is 39.5 Å². The van der Waals surface area contributed by atoms with Gasteiger partial charge in [0.1, 0.15) is 12.6 Å². The zero-order chi connectivity index (χ0) is 26.9. The van der Waals surface area contributed by atoms with Gasteiger partial charge in [-0.3, -0.25) is 14.4 Å². The number of nitrogens with one attached hydrogen (secondary N) is 3. The van der Waals surface area contributed by atoms with Gasteiger partial charge < -0.3 is 35.1 Å². The second-order valence-electron chi connectivity index (χ2n) is 7.38. The van der Waals surface area contributed by atoms with Crippen molar-refractivity contribution in [2.24, 2.45) is 0 Å². The summed E-state index contributed by atoms with van der Waals surface area (Å²) < 4.78 is 41.0. The Kier molecular flexibility index (Phi) is 10.00. The second-order valence-corrected chi connectivity index (χ2v) is 9.09. The summed E-state index contributed by atoms with van der Waals surface area (Å²) in [5.74, 6) is -2.09. The van der Waals surface area contributed by atoms with Gasteiger partial charge in [-0.2, -0.15) is 8.78 Å². The number of amides is 4. The maximum absolute atomic E-state index is 13.1. The molecular formula is C22H23ClF2N4O7S. The maximum atomic E-state index is 13.1. The van der Waals surface area contributed by atoms with Crippen LogP contribution in [0.4, 0.5) is 25.0 Å². The molecule has 1 aromatic heterocycles. The molecule has 0 bridgehead atoms. The number of morpholine rings is 1. The van der Waals surface area contributed by atoms with Gasteiger partial charge in [0, 0.05) is 24.8 Å². The molecule has 3 N–H and O–H groups in total. The molecule has 1 atom stereocenters. The van der Waals surface area contributed by atoms with Crippen molar-refractivity contribution in [1.82, 2.24) is 10.6 Å². The molecule has 3 rings (SSSR count). The zero-order valence-corrected chi connectivity index (χ0v) is 21.0. The first kappa shape index (κ1) is 28.1. The smallest absolute Gasteiger partial charge is 0.407 e. The van der Waals surface area contributed by atoms with E-state index in [1.165, 1.54) is 29.2 Å². The summed E-state index contributed by atoms with van der Waals surface area (Å²) in [6.45, 7) is -1.77. The molecule has 15 heteroatoms. The highest BCUT2D eigenvalue weighted by Crippen LogP contribution is 2.33. The van der Waals surface area contributed by atoms with Gasteiger partial charge in [-0.25, -0.2) is 4.79 Å². The molecule has 1 aromatic carbocycles. The van der Waals surface area contributed by atoms with Gasteiger partial charge in [0.25, 0.3) is 11.8 Å². The summed E-state index contributed by atoms with van der Waals surface area (Å²) in [4.78, 5) is 51.0. The first-order valence-corrected chi connectivity index (χ1v) is 12.1. The van der Waals surface area contributed by atoms with Crippen molar-refractivity contribution in [2.45, 2.75) is 19.6 Å². The van der Waals surface area contributed by atoms with Crippen molar-refractivity contribution in [3.8, 4) is 5.75 Å². The number of hydrogen-bond acceptors (Lipinski definition) is 8. The van der Waals surface area contributed by atoms with E-state index in [1.54, 1.807) is 6.92 Å². The van der Waals surface area contributed by atoms with Crippen LogP contribution in [-0.2, 0) is 19.1 Å². The van der Waals surface area contributed by atoms with Gasteiger partial charge in [0.05, 0.1) is 28.1 Å². The average molecular weight is 561 g/mol. The number of anilines is 2. The molecule has 37 heavy (non-hydrogen) atoms. The van der Waals surface area contributed by atoms with E-state index < -0.39 is 36.5 Å². The van der Waals surface area contributed by atoms with Crippen LogP contribution in [0.1, 0.15) is 16.6 Å². The molecular weight excluding hydrogens is 538 g/mol. The molecule has 11 nitrogen and oxygen atoms in total. The molecule has 1 aliphatic rings. The molecule has 2 heterocycles. The summed E-state index contributed by atoms with van der Waals surface area (Å²) in [5.41, 5.74) is 0.117. The molecule has 0 aliphatic carbocycles. The number of carbonyl (C=O) groups excluding carboxylic acids is 4. The number of rotatable bonds is 10. The fourth-order valence-corrected chi connectivity index (χ4v) is 4.21. The summed E-state index contributed by atoms with van der Waals surface area (Å²) in [6, 6.07) is 5.58. The minimum Gasteiger partial charge on any atom is -0.450 e. The predicted octanol–water partition coefficient (Wildman–Crippen LogP) is 2.85. The Labute approximate surface area is 219 Å². The summed E-state index contributed by atoms with van der Waals surface area (Å²) >= 11 is 6.87. The topological polar surface area (TPSA) is 135 Å². The minimum absolute atomic E-state index is 0.0380. The fraction of sp³-hybridized carbons (Fsp3) is 0.364. The van der Waals surface area contributed by atoms with Crippen LogP contribution in [0.3, 0.4) is 0 Å². The van der Waals surface area contributed by atoms with E-state index in [-0.39, 0.29) is 50.0 Å². The normalized spacial score (nSPS) is 14.2. The molecule has 1 saturated heterocycles. The van der Waals surface area contributed by atoms with Crippen LogP contribution in [0, 0.1) is 0 Å². The number of benzene rings is 1. The fourth-order valence-electron chi connectivity index (χ4n) is 3.25. The summed E-state index contributed by atoms with van der Waals surface area (Å²) in [5, 5.41) is 7.34. The number of alkyl carbamates (subject to hydrolysis) is 1. The molecule has 1 aliphatic heterocycles. The lowest BCUT2D eigenvalue weighted by Crippen LogP contribution is -2.50. The van der Waals surface area contributed by atoms with E-state index in [9.17, 15) is 28.0 Å². The van der Waals surface area contributed by atoms with Gasteiger partial charge in [-0.1, -0.05) is 11.6 Å². The van der Waals surface area contributed by atoms with Crippen molar-refractivity contribution < 1.29 is 42.2 Å². The van der Waals surface area contributed by atoms with Crippen molar-refractivity contribution in [2.75, 3.05) is 43.1 Å². The Morgan fingerprint density at radius 2 is 2.03 bits per heavy atom. The van der Waals surface area contributed by atoms with Gasteiger partial charge in [0.2, 0.25) is 5.91 Å². The molecule has 200 valence electrons. The van der Waals surface area contributed by atoms with Crippen LogP contribution in [0.25, 0.3) is 0 Å². The Hall–Kier alpha value is -3.49. The Balaban J connectivity index is 1.76. The number of halogens is 3. The number of hydrogen-bond donors (Lipinski definition) is 3. The minimum atomic E-state index is -3.19. The van der Waals surface area contributed by atoms with Crippen LogP contribution in [0.2, 0.25) is 4.34 Å². The molecule has 4 amide bonds. The quantitative estimate of drug-likeness (QED) is 0.406. The van der Waals surface area contributed by atoms with Crippen molar-refractivity contribution >= 4 is 58.1 Å². The monoisotopic (exact) mass is 560 g/mol. The summed E-state index contributed by atoms with van der Waals surface area (Å²) in [6.07, 6.45) is -0.904. The Bertz CT molecular complexity index is 1150. The molecule has 0 unspecified atom stereocenters. The molecule has 0 saturated carbocycles. The third-order valence-electron chi connectivity index (χ3n) is 4.87. The third kappa shape index (κ3) is 8.00. The Morgan fingerprint density at radius 1 is 1.24 bits per heavy atom. The van der Waals surface area contributed by atoms with E-state index in [4.69, 9.17) is 21.1 Å². The first-order chi connectivity index (χ1) is 17.7. The standard InChI is InChI=1S/C22H23ClF2N4O7S/c1-2-35-22(33)28-13(10-26-20(32)16-5-6-17(23)37-16)19(31)27-12-3-4-14(15(9-12)36-21(24)25)29-7-8-34-11-18(29)30/h3-6,9,13,21H,2,7-8,10-11H2,1H3,(H,26,32)(H,27,31)(H,28,33)/t13-/m0/s1. The van der Waals surface area contributed by atoms with Gasteiger partial charge in [-0.15, -0.1) is 11.3 Å². The van der Waals surface area contributed by atoms with Gasteiger partial charge in [-0.05, 0) is 31.2 Å². The van der Waals surface area contributed by atoms with E-state index in [0.29, 0.717) is 9.21 Å². The predicted molar refractivity (Wildman–Crippen MR) is 130 cm³/mol. The number of carbonyl (C=O) groups is 4. The van der Waals surface area contributed by atoms with Crippen LogP contribution >= 0.6 is 22.9 Å². The van der Waals surface area contributed by atoms with E-state index in [0.717, 1.165) is 17.4 Å². The molecule has 1 fully saturated rings. The van der Waals surface area contributed by atoms with E-state index in [1.807, 2.05) is 0 Å². The van der Waals surface area contributed by atoms with Crippen LogP contribution in [0.5, 0.6) is 5.75 Å². The van der Waals surface area contributed by atoms with E-state index >= 15 is 0 Å². The lowest BCUT2D eigenvalue weighted by Gasteiger charge is -2.28. The number of thiophene rings is 1. The largest absolute Gasteiger partial charge is 0.450 e. The number of nitrogens with zero attached hydrogens (tertiary/aromatic N) is 1. The lowest BCUT2D eigenvalue weighted by molar-refractivity contribution is -0.125. The zero-order valence-electron chi connectivity index (χ0n) is 19.4. The van der Waals surface area contributed by atoms with Crippen LogP contribution < -0.4 is 25.6 Å². The highest BCUT2D eigenvalue weighted by molar-refractivity contribution is 7.18. The second kappa shape index (κ2) is 13.2. The van der Waals surface area contributed by atoms with Gasteiger partial charge in [0.15, 0.2) is 5.75 Å². The highest BCUT2D eigenvalue weighted by Gasteiger charge is 2.26. The van der Waals surface area contributed by atoms with Crippen molar-refractivity contribution in [1.29, 1.82) is 0 Å². The van der Waals surface area contributed by atoms with Gasteiger partial charge >= 0.3 is 12.7 Å². The summed E-state index contributed by atoms with van der Waals surface area (Å²) in [7, 11) is 0. The highest BCUT2D eigenvalue weighted by atomic mass is 35.5. The third-order valence-corrected chi connectivity index (χ3v) is 6.10. The molecule has 2 aromatic rings. The molecule has 0 spiro atoms. The van der Waals surface area contributed by atoms with Crippen molar-refractivity contribution in [3.63, 3.8) is 0 Å². The number of ether oxygens (including phenoxy) is 3. The number of alkyl halides is 2. The van der Waals surface area contributed by atoms with Crippen LogP contribution in [0.15, 0.2) is 30.3 Å². The lowest BCUT2D eigenvalue weighted by atomic mass is 10.2. The van der Waals surface area contributed by atoms with E-state index in [2.05, 4.69) is 20.7 Å². The molecule has 0 radical (unpaired) electrons. The Morgan fingerprint density at radius 3 is 2.68 bits per heavy atom. The maximum Gasteiger partial charge on any atom is 0.407 e. The average Bonchev–Trinajstić information content (AvgIpc) is 3.28.